The lowest BCUT2D eigenvalue weighted by atomic mass is 10.0. The van der Waals surface area contributed by atoms with Crippen molar-refractivity contribution in [1.82, 2.24) is 0 Å². The van der Waals surface area contributed by atoms with E-state index in [4.69, 9.17) is 4.74 Å². The predicted octanol–water partition coefficient (Wildman–Crippen LogP) is 3.26. The van der Waals surface area contributed by atoms with Crippen LogP contribution in [0.25, 0.3) is 0 Å². The highest BCUT2D eigenvalue weighted by molar-refractivity contribution is 5.92. The number of carbonyl (C=O) groups excluding carboxylic acids is 1. The molecular weight excluding hydrogens is 200 g/mol. The smallest absolute Gasteiger partial charge is 0.339 e. The van der Waals surface area contributed by atoms with E-state index in [1.165, 1.54) is 0 Å². The molecular formula is C14H16O2. The maximum absolute atomic E-state index is 11.7. The van der Waals surface area contributed by atoms with Crippen LogP contribution in [0.15, 0.2) is 35.9 Å². The Morgan fingerprint density at radius 1 is 1.38 bits per heavy atom. The molecule has 0 unspecified atom stereocenters. The lowest BCUT2D eigenvalue weighted by molar-refractivity contribution is -0.130. The summed E-state index contributed by atoms with van der Waals surface area (Å²) in [6.07, 6.45) is 5.96. The summed E-state index contributed by atoms with van der Waals surface area (Å²) in [5, 5.41) is 0. The van der Waals surface area contributed by atoms with Gasteiger partial charge in [-0.05, 0) is 18.1 Å². The van der Waals surface area contributed by atoms with Gasteiger partial charge in [0.2, 0.25) is 0 Å². The molecule has 0 saturated heterocycles. The molecule has 16 heavy (non-hydrogen) atoms. The highest BCUT2D eigenvalue weighted by Crippen LogP contribution is 2.27. The largest absolute Gasteiger partial charge is 0.423 e. The number of hydrogen-bond acceptors (Lipinski definition) is 2. The van der Waals surface area contributed by atoms with Gasteiger partial charge in [-0.15, -0.1) is 0 Å². The lowest BCUT2D eigenvalue weighted by Gasteiger charge is -2.17. The van der Waals surface area contributed by atoms with Crippen LogP contribution >= 0.6 is 0 Å². The van der Waals surface area contributed by atoms with Crippen molar-refractivity contribution in [3.8, 4) is 5.75 Å². The molecule has 1 aromatic rings. The van der Waals surface area contributed by atoms with Crippen molar-refractivity contribution in [3.05, 3.63) is 41.5 Å². The minimum atomic E-state index is -0.185. The molecule has 0 atom stereocenters. The molecule has 0 N–H and O–H groups in total. The summed E-state index contributed by atoms with van der Waals surface area (Å²) < 4.78 is 5.27. The SMILES string of the molecule is CCCC/C=C1/Cc2ccccc2OC1=O. The van der Waals surface area contributed by atoms with Gasteiger partial charge >= 0.3 is 5.97 Å². The van der Waals surface area contributed by atoms with E-state index in [0.29, 0.717) is 12.2 Å². The molecule has 2 heteroatoms. The average Bonchev–Trinajstić information content (AvgIpc) is 2.30. The van der Waals surface area contributed by atoms with Crippen molar-refractivity contribution in [2.75, 3.05) is 0 Å². The maximum atomic E-state index is 11.7. The van der Waals surface area contributed by atoms with Crippen LogP contribution in [0, 0.1) is 0 Å². The van der Waals surface area contributed by atoms with Crippen LogP contribution in [0.3, 0.4) is 0 Å². The Labute approximate surface area is 95.9 Å². The third-order valence-corrected chi connectivity index (χ3v) is 2.77. The van der Waals surface area contributed by atoms with Gasteiger partial charge < -0.3 is 4.74 Å². The molecule has 0 bridgehead atoms. The number of unbranched alkanes of at least 4 members (excludes halogenated alkanes) is 2. The molecule has 0 spiro atoms. The standard InChI is InChI=1S/C14H16O2/c1-2-3-4-8-12-10-11-7-5-6-9-13(11)16-14(12)15/h5-9H,2-4,10H2,1H3/b12-8-. The van der Waals surface area contributed by atoms with Gasteiger partial charge in [-0.2, -0.15) is 0 Å². The molecule has 2 rings (SSSR count). The second-order valence-corrected chi connectivity index (χ2v) is 4.05. The quantitative estimate of drug-likeness (QED) is 0.335. The Bertz CT molecular complexity index is 418. The predicted molar refractivity (Wildman–Crippen MR) is 63.4 cm³/mol. The Kier molecular flexibility index (Phi) is 3.40. The molecule has 0 saturated carbocycles. The van der Waals surface area contributed by atoms with Crippen molar-refractivity contribution >= 4 is 5.97 Å². The van der Waals surface area contributed by atoms with E-state index < -0.39 is 0 Å². The highest BCUT2D eigenvalue weighted by atomic mass is 16.5. The fraction of sp³-hybridized carbons (Fsp3) is 0.357. The van der Waals surface area contributed by atoms with Gasteiger partial charge in [0.25, 0.3) is 0 Å². The van der Waals surface area contributed by atoms with Gasteiger partial charge in [-0.25, -0.2) is 4.79 Å². The summed E-state index contributed by atoms with van der Waals surface area (Å²) in [5.41, 5.74) is 1.90. The summed E-state index contributed by atoms with van der Waals surface area (Å²) in [5.74, 6) is 0.523. The first-order chi connectivity index (χ1) is 7.81. The van der Waals surface area contributed by atoms with Crippen LogP contribution in [0.1, 0.15) is 31.7 Å². The highest BCUT2D eigenvalue weighted by Gasteiger charge is 2.21. The topological polar surface area (TPSA) is 26.3 Å². The fourth-order valence-corrected chi connectivity index (χ4v) is 1.83. The fourth-order valence-electron chi connectivity index (χ4n) is 1.83. The molecule has 0 aromatic heterocycles. The minimum Gasteiger partial charge on any atom is -0.423 e. The average molecular weight is 216 g/mol. The Morgan fingerprint density at radius 2 is 2.19 bits per heavy atom. The van der Waals surface area contributed by atoms with E-state index in [2.05, 4.69) is 6.92 Å². The molecule has 84 valence electrons. The number of fused-ring (bicyclic) bond motifs is 1. The first kappa shape index (κ1) is 10.9. The van der Waals surface area contributed by atoms with E-state index in [9.17, 15) is 4.79 Å². The number of hydrogen-bond donors (Lipinski definition) is 0. The number of allylic oxidation sites excluding steroid dienone is 1. The molecule has 0 amide bonds. The number of para-hydroxylation sites is 1. The van der Waals surface area contributed by atoms with Crippen LogP contribution < -0.4 is 4.74 Å². The van der Waals surface area contributed by atoms with Crippen molar-refractivity contribution in [3.63, 3.8) is 0 Å². The third kappa shape index (κ3) is 2.32. The molecule has 0 radical (unpaired) electrons. The minimum absolute atomic E-state index is 0.185. The summed E-state index contributed by atoms with van der Waals surface area (Å²) >= 11 is 0. The first-order valence-corrected chi connectivity index (χ1v) is 5.80. The lowest BCUT2D eigenvalue weighted by Crippen LogP contribution is -2.19. The van der Waals surface area contributed by atoms with Crippen molar-refractivity contribution in [2.45, 2.75) is 32.6 Å². The Hall–Kier alpha value is -1.57. The molecule has 1 heterocycles. The monoisotopic (exact) mass is 216 g/mol. The molecule has 2 nitrogen and oxygen atoms in total. The Balaban J connectivity index is 2.15. The van der Waals surface area contributed by atoms with Crippen molar-refractivity contribution in [2.24, 2.45) is 0 Å². The molecule has 1 aliphatic rings. The van der Waals surface area contributed by atoms with E-state index >= 15 is 0 Å². The number of carbonyl (C=O) groups is 1. The zero-order valence-electron chi connectivity index (χ0n) is 9.53. The molecule has 1 aromatic carbocycles. The summed E-state index contributed by atoms with van der Waals surface area (Å²) in [6.45, 7) is 2.15. The van der Waals surface area contributed by atoms with Crippen molar-refractivity contribution in [1.29, 1.82) is 0 Å². The van der Waals surface area contributed by atoms with Crippen LogP contribution in [-0.2, 0) is 11.2 Å². The molecule has 0 fully saturated rings. The zero-order chi connectivity index (χ0) is 11.4. The van der Waals surface area contributed by atoms with Gasteiger partial charge in [0, 0.05) is 12.0 Å². The van der Waals surface area contributed by atoms with E-state index in [1.807, 2.05) is 30.3 Å². The zero-order valence-corrected chi connectivity index (χ0v) is 9.53. The third-order valence-electron chi connectivity index (χ3n) is 2.77. The van der Waals surface area contributed by atoms with Crippen LogP contribution in [0.2, 0.25) is 0 Å². The van der Waals surface area contributed by atoms with Crippen LogP contribution in [-0.4, -0.2) is 5.97 Å². The van der Waals surface area contributed by atoms with E-state index in [1.54, 1.807) is 0 Å². The van der Waals surface area contributed by atoms with Gasteiger partial charge in [0.15, 0.2) is 0 Å². The molecule has 0 aliphatic carbocycles. The van der Waals surface area contributed by atoms with Crippen LogP contribution in [0.4, 0.5) is 0 Å². The first-order valence-electron chi connectivity index (χ1n) is 5.80. The second kappa shape index (κ2) is 4.97. The second-order valence-electron chi connectivity index (χ2n) is 4.05. The van der Waals surface area contributed by atoms with Gasteiger partial charge in [0.1, 0.15) is 5.75 Å². The summed E-state index contributed by atoms with van der Waals surface area (Å²) in [6, 6.07) is 7.71. The van der Waals surface area contributed by atoms with E-state index in [-0.39, 0.29) is 5.97 Å². The number of rotatable bonds is 3. The maximum Gasteiger partial charge on any atom is 0.339 e. The molecule has 1 aliphatic heterocycles. The van der Waals surface area contributed by atoms with Gasteiger partial charge in [0.05, 0.1) is 0 Å². The van der Waals surface area contributed by atoms with Crippen LogP contribution in [0.5, 0.6) is 5.75 Å². The normalized spacial score (nSPS) is 17.1. The summed E-state index contributed by atoms with van der Waals surface area (Å²) in [4.78, 5) is 11.7. The van der Waals surface area contributed by atoms with Crippen molar-refractivity contribution < 1.29 is 9.53 Å². The van der Waals surface area contributed by atoms with Gasteiger partial charge in [-0.3, -0.25) is 0 Å². The summed E-state index contributed by atoms with van der Waals surface area (Å²) in [7, 11) is 0. The Morgan fingerprint density at radius 3 is 3.00 bits per heavy atom. The van der Waals surface area contributed by atoms with E-state index in [0.717, 1.165) is 30.4 Å². The number of ether oxygens (including phenoxy) is 1. The number of benzene rings is 1. The van der Waals surface area contributed by atoms with Gasteiger partial charge in [-0.1, -0.05) is 44.0 Å². The number of esters is 1.